The van der Waals surface area contributed by atoms with Gasteiger partial charge in [-0.05, 0) is 24.2 Å². The van der Waals surface area contributed by atoms with E-state index < -0.39 is 0 Å². The molecule has 2 rings (SSSR count). The second-order valence-electron chi connectivity index (χ2n) is 3.68. The van der Waals surface area contributed by atoms with E-state index in [2.05, 4.69) is 41.5 Å². The second kappa shape index (κ2) is 6.79. The number of thioether (sulfide) groups is 1. The Morgan fingerprint density at radius 2 is 2.35 bits per heavy atom. The quantitative estimate of drug-likeness (QED) is 0.808. The fourth-order valence-corrected chi connectivity index (χ4v) is 3.10. The number of thiazole rings is 1. The van der Waals surface area contributed by atoms with Crippen molar-refractivity contribution in [3.63, 3.8) is 0 Å². The van der Waals surface area contributed by atoms with E-state index in [1.165, 1.54) is 15.3 Å². The molecular weight excluding hydrogens is 248 g/mol. The lowest BCUT2D eigenvalue weighted by Crippen LogP contribution is -2.11. The first-order valence-electron chi connectivity index (χ1n) is 5.68. The van der Waals surface area contributed by atoms with Gasteiger partial charge in [0, 0.05) is 28.3 Å². The molecule has 2 aromatic rings. The van der Waals surface area contributed by atoms with Gasteiger partial charge in [0.1, 0.15) is 0 Å². The Bertz CT molecular complexity index is 440. The molecule has 1 heterocycles. The van der Waals surface area contributed by atoms with Crippen LogP contribution in [0.2, 0.25) is 0 Å². The SMILES string of the molecule is CCNCc1cccc(SCc2cncs2)c1. The summed E-state index contributed by atoms with van der Waals surface area (Å²) in [7, 11) is 0. The lowest BCUT2D eigenvalue weighted by atomic mass is 10.2. The average molecular weight is 264 g/mol. The Morgan fingerprint density at radius 3 is 3.12 bits per heavy atom. The van der Waals surface area contributed by atoms with E-state index in [1.807, 2.05) is 23.5 Å². The summed E-state index contributed by atoms with van der Waals surface area (Å²) < 4.78 is 0. The molecule has 0 aliphatic rings. The highest BCUT2D eigenvalue weighted by Gasteiger charge is 1.99. The molecule has 1 aromatic carbocycles. The summed E-state index contributed by atoms with van der Waals surface area (Å²) in [4.78, 5) is 6.74. The van der Waals surface area contributed by atoms with Crippen LogP contribution in [0.15, 0.2) is 40.9 Å². The normalized spacial score (nSPS) is 10.6. The first-order valence-corrected chi connectivity index (χ1v) is 7.55. The molecule has 17 heavy (non-hydrogen) atoms. The molecule has 0 bridgehead atoms. The molecule has 0 fully saturated rings. The minimum absolute atomic E-state index is 0.950. The molecule has 0 unspecified atom stereocenters. The smallest absolute Gasteiger partial charge is 0.0794 e. The molecule has 0 saturated carbocycles. The fourth-order valence-electron chi connectivity index (χ4n) is 1.48. The van der Waals surface area contributed by atoms with Crippen molar-refractivity contribution < 1.29 is 0 Å². The average Bonchev–Trinajstić information content (AvgIpc) is 2.87. The molecule has 1 aromatic heterocycles. The van der Waals surface area contributed by atoms with Crippen LogP contribution >= 0.6 is 23.1 Å². The minimum atomic E-state index is 0.950. The van der Waals surface area contributed by atoms with Crippen molar-refractivity contribution in [3.05, 3.63) is 46.4 Å². The largest absolute Gasteiger partial charge is 0.313 e. The summed E-state index contributed by atoms with van der Waals surface area (Å²) in [6.07, 6.45) is 1.94. The Hall–Kier alpha value is -0.840. The van der Waals surface area contributed by atoms with Gasteiger partial charge in [0.15, 0.2) is 0 Å². The van der Waals surface area contributed by atoms with Crippen LogP contribution < -0.4 is 5.32 Å². The standard InChI is InChI=1S/C13H16N2S2/c1-2-14-7-11-4-3-5-12(6-11)16-9-13-8-15-10-17-13/h3-6,8,10,14H,2,7,9H2,1H3. The maximum absolute atomic E-state index is 4.09. The molecule has 2 nitrogen and oxygen atoms in total. The summed E-state index contributed by atoms with van der Waals surface area (Å²) in [6.45, 7) is 4.09. The number of aromatic nitrogens is 1. The highest BCUT2D eigenvalue weighted by atomic mass is 32.2. The highest BCUT2D eigenvalue weighted by molar-refractivity contribution is 7.98. The Balaban J connectivity index is 1.91. The molecule has 90 valence electrons. The minimum Gasteiger partial charge on any atom is -0.313 e. The number of hydrogen-bond donors (Lipinski definition) is 1. The van der Waals surface area contributed by atoms with Crippen LogP contribution in [0.5, 0.6) is 0 Å². The first-order chi connectivity index (χ1) is 8.38. The zero-order chi connectivity index (χ0) is 11.9. The summed E-state index contributed by atoms with van der Waals surface area (Å²) >= 11 is 3.58. The number of hydrogen-bond acceptors (Lipinski definition) is 4. The monoisotopic (exact) mass is 264 g/mol. The molecular formula is C13H16N2S2. The van der Waals surface area contributed by atoms with Crippen molar-refractivity contribution in [2.75, 3.05) is 6.54 Å². The third-order valence-corrected chi connectivity index (χ3v) is 4.35. The lowest BCUT2D eigenvalue weighted by Gasteiger charge is -2.05. The van der Waals surface area contributed by atoms with Crippen LogP contribution in [0.1, 0.15) is 17.4 Å². The van der Waals surface area contributed by atoms with E-state index >= 15 is 0 Å². The predicted octanol–water partition coefficient (Wildman–Crippen LogP) is 3.54. The van der Waals surface area contributed by atoms with Crippen molar-refractivity contribution in [2.45, 2.75) is 24.1 Å². The van der Waals surface area contributed by atoms with Crippen molar-refractivity contribution in [1.29, 1.82) is 0 Å². The third-order valence-electron chi connectivity index (χ3n) is 2.34. The summed E-state index contributed by atoms with van der Waals surface area (Å²) in [5, 5.41) is 3.34. The van der Waals surface area contributed by atoms with E-state index in [4.69, 9.17) is 0 Å². The van der Waals surface area contributed by atoms with Gasteiger partial charge in [0.05, 0.1) is 5.51 Å². The van der Waals surface area contributed by atoms with Gasteiger partial charge in [0.25, 0.3) is 0 Å². The van der Waals surface area contributed by atoms with E-state index in [0.717, 1.165) is 18.8 Å². The molecule has 0 aliphatic carbocycles. The molecule has 0 atom stereocenters. The summed E-state index contributed by atoms with van der Waals surface area (Å²) in [5.41, 5.74) is 3.23. The fraction of sp³-hybridized carbons (Fsp3) is 0.308. The molecule has 0 spiro atoms. The number of benzene rings is 1. The third kappa shape index (κ3) is 4.15. The van der Waals surface area contributed by atoms with Gasteiger partial charge in [-0.25, -0.2) is 0 Å². The van der Waals surface area contributed by atoms with E-state index in [0.29, 0.717) is 0 Å². The molecule has 0 aliphatic heterocycles. The topological polar surface area (TPSA) is 24.9 Å². The van der Waals surface area contributed by atoms with Gasteiger partial charge in [-0.3, -0.25) is 4.98 Å². The van der Waals surface area contributed by atoms with Crippen LogP contribution in [0.4, 0.5) is 0 Å². The van der Waals surface area contributed by atoms with Crippen molar-refractivity contribution >= 4 is 23.1 Å². The van der Waals surface area contributed by atoms with Gasteiger partial charge in [-0.1, -0.05) is 19.1 Å². The molecule has 0 radical (unpaired) electrons. The zero-order valence-electron chi connectivity index (χ0n) is 9.85. The maximum atomic E-state index is 4.09. The van der Waals surface area contributed by atoms with Crippen LogP contribution in [0.3, 0.4) is 0 Å². The van der Waals surface area contributed by atoms with Crippen LogP contribution in [0.25, 0.3) is 0 Å². The zero-order valence-corrected chi connectivity index (χ0v) is 11.5. The van der Waals surface area contributed by atoms with Crippen molar-refractivity contribution in [1.82, 2.24) is 10.3 Å². The number of rotatable bonds is 6. The van der Waals surface area contributed by atoms with E-state index in [-0.39, 0.29) is 0 Å². The number of nitrogens with zero attached hydrogens (tertiary/aromatic N) is 1. The number of nitrogens with one attached hydrogen (secondary N) is 1. The molecule has 0 amide bonds. The second-order valence-corrected chi connectivity index (χ2v) is 5.70. The summed E-state index contributed by atoms with van der Waals surface area (Å²) in [6, 6.07) is 8.72. The predicted molar refractivity (Wildman–Crippen MR) is 75.5 cm³/mol. The van der Waals surface area contributed by atoms with Gasteiger partial charge in [0.2, 0.25) is 0 Å². The Kier molecular flexibility index (Phi) is 5.04. The molecule has 1 N–H and O–H groups in total. The van der Waals surface area contributed by atoms with Gasteiger partial charge in [-0.2, -0.15) is 0 Å². The van der Waals surface area contributed by atoms with Crippen LogP contribution in [-0.4, -0.2) is 11.5 Å². The molecule has 4 heteroatoms. The van der Waals surface area contributed by atoms with Crippen molar-refractivity contribution in [2.24, 2.45) is 0 Å². The van der Waals surface area contributed by atoms with Gasteiger partial charge >= 0.3 is 0 Å². The maximum Gasteiger partial charge on any atom is 0.0794 e. The first kappa shape index (κ1) is 12.6. The van der Waals surface area contributed by atoms with Crippen molar-refractivity contribution in [3.8, 4) is 0 Å². The van der Waals surface area contributed by atoms with Crippen LogP contribution in [-0.2, 0) is 12.3 Å². The lowest BCUT2D eigenvalue weighted by molar-refractivity contribution is 0.725. The van der Waals surface area contributed by atoms with E-state index in [1.54, 1.807) is 11.3 Å². The molecule has 0 saturated heterocycles. The van der Waals surface area contributed by atoms with Crippen LogP contribution in [0, 0.1) is 0 Å². The highest BCUT2D eigenvalue weighted by Crippen LogP contribution is 2.24. The van der Waals surface area contributed by atoms with E-state index in [9.17, 15) is 0 Å². The Labute approximate surface area is 110 Å². The summed E-state index contributed by atoms with van der Waals surface area (Å²) in [5.74, 6) is 1.01. The van der Waals surface area contributed by atoms with Gasteiger partial charge in [-0.15, -0.1) is 23.1 Å². The Morgan fingerprint density at radius 1 is 1.41 bits per heavy atom. The van der Waals surface area contributed by atoms with Gasteiger partial charge < -0.3 is 5.32 Å².